The van der Waals surface area contributed by atoms with Crippen molar-refractivity contribution in [2.24, 2.45) is 0 Å². The molecule has 16 heavy (non-hydrogen) atoms. The van der Waals surface area contributed by atoms with Gasteiger partial charge >= 0.3 is 5.97 Å². The predicted octanol–water partition coefficient (Wildman–Crippen LogP) is 3.86. The van der Waals surface area contributed by atoms with Crippen molar-refractivity contribution in [3.05, 3.63) is 0 Å². The van der Waals surface area contributed by atoms with Crippen LogP contribution in [0.25, 0.3) is 0 Å². The molecule has 0 saturated heterocycles. The SMILES string of the molecule is COC(=O)CCCCCCCCSCCCl. The summed E-state index contributed by atoms with van der Waals surface area (Å²) in [4.78, 5) is 10.8. The van der Waals surface area contributed by atoms with Crippen molar-refractivity contribution >= 4 is 29.3 Å². The quantitative estimate of drug-likeness (QED) is 0.323. The Bertz CT molecular complexity index is 165. The van der Waals surface area contributed by atoms with Gasteiger partial charge in [0, 0.05) is 18.1 Å². The average Bonchev–Trinajstić information content (AvgIpc) is 2.31. The third-order valence-corrected chi connectivity index (χ3v) is 3.85. The molecule has 0 rings (SSSR count). The third kappa shape index (κ3) is 12.2. The first kappa shape index (κ1) is 16.1. The van der Waals surface area contributed by atoms with Gasteiger partial charge in [-0.05, 0) is 18.6 Å². The fourth-order valence-corrected chi connectivity index (χ4v) is 2.49. The van der Waals surface area contributed by atoms with E-state index in [0.717, 1.165) is 24.5 Å². The lowest BCUT2D eigenvalue weighted by atomic mass is 10.1. The van der Waals surface area contributed by atoms with Crippen LogP contribution in [0.15, 0.2) is 0 Å². The molecule has 2 nitrogen and oxygen atoms in total. The number of rotatable bonds is 11. The van der Waals surface area contributed by atoms with Gasteiger partial charge in [-0.2, -0.15) is 11.8 Å². The monoisotopic (exact) mass is 266 g/mol. The first-order valence-corrected chi connectivity index (χ1v) is 7.70. The van der Waals surface area contributed by atoms with Crippen LogP contribution in [0.3, 0.4) is 0 Å². The minimum Gasteiger partial charge on any atom is -0.469 e. The van der Waals surface area contributed by atoms with Gasteiger partial charge in [0.15, 0.2) is 0 Å². The second kappa shape index (κ2) is 13.2. The molecule has 0 unspecified atom stereocenters. The maximum Gasteiger partial charge on any atom is 0.305 e. The van der Waals surface area contributed by atoms with Gasteiger partial charge in [0.1, 0.15) is 0 Å². The summed E-state index contributed by atoms with van der Waals surface area (Å²) >= 11 is 7.51. The minimum atomic E-state index is -0.0857. The normalized spacial score (nSPS) is 10.4. The van der Waals surface area contributed by atoms with Crippen LogP contribution in [0.5, 0.6) is 0 Å². The number of unbranched alkanes of at least 4 members (excludes halogenated alkanes) is 5. The maximum atomic E-state index is 10.8. The van der Waals surface area contributed by atoms with Crippen LogP contribution in [0.1, 0.15) is 44.9 Å². The molecule has 0 amide bonds. The van der Waals surface area contributed by atoms with Crippen LogP contribution in [0, 0.1) is 0 Å². The van der Waals surface area contributed by atoms with E-state index in [0.29, 0.717) is 6.42 Å². The van der Waals surface area contributed by atoms with E-state index in [1.807, 2.05) is 11.8 Å². The van der Waals surface area contributed by atoms with Gasteiger partial charge in [0.25, 0.3) is 0 Å². The lowest BCUT2D eigenvalue weighted by Gasteiger charge is -2.01. The number of ether oxygens (including phenoxy) is 1. The molecule has 0 bridgehead atoms. The summed E-state index contributed by atoms with van der Waals surface area (Å²) in [6.45, 7) is 0. The highest BCUT2D eigenvalue weighted by molar-refractivity contribution is 7.99. The highest BCUT2D eigenvalue weighted by Crippen LogP contribution is 2.10. The van der Waals surface area contributed by atoms with E-state index >= 15 is 0 Å². The number of halogens is 1. The Morgan fingerprint density at radius 2 is 1.69 bits per heavy atom. The van der Waals surface area contributed by atoms with E-state index < -0.39 is 0 Å². The summed E-state index contributed by atoms with van der Waals surface area (Å²) in [6.07, 6.45) is 7.78. The van der Waals surface area contributed by atoms with Gasteiger partial charge in [-0.1, -0.05) is 25.7 Å². The van der Waals surface area contributed by atoms with Crippen molar-refractivity contribution in [3.63, 3.8) is 0 Å². The lowest BCUT2D eigenvalue weighted by Crippen LogP contribution is -1.99. The Balaban J connectivity index is 2.96. The number of hydrogen-bond acceptors (Lipinski definition) is 3. The number of carbonyl (C=O) groups is 1. The number of methoxy groups -OCH3 is 1. The summed E-state index contributed by atoms with van der Waals surface area (Å²) < 4.78 is 4.58. The van der Waals surface area contributed by atoms with Gasteiger partial charge in [-0.3, -0.25) is 4.79 Å². The van der Waals surface area contributed by atoms with Crippen LogP contribution in [0.2, 0.25) is 0 Å². The van der Waals surface area contributed by atoms with E-state index in [-0.39, 0.29) is 5.97 Å². The molecule has 0 radical (unpaired) electrons. The summed E-state index contributed by atoms with van der Waals surface area (Å²) in [5.74, 6) is 2.98. The Morgan fingerprint density at radius 1 is 1.06 bits per heavy atom. The van der Waals surface area contributed by atoms with E-state index in [9.17, 15) is 4.79 Å². The van der Waals surface area contributed by atoms with E-state index in [1.165, 1.54) is 38.5 Å². The van der Waals surface area contributed by atoms with Crippen molar-refractivity contribution in [2.75, 3.05) is 24.5 Å². The number of esters is 1. The van der Waals surface area contributed by atoms with Crippen LogP contribution in [-0.2, 0) is 9.53 Å². The average molecular weight is 267 g/mol. The smallest absolute Gasteiger partial charge is 0.305 e. The molecule has 4 heteroatoms. The van der Waals surface area contributed by atoms with Gasteiger partial charge in [0.05, 0.1) is 7.11 Å². The molecule has 0 spiro atoms. The fraction of sp³-hybridized carbons (Fsp3) is 0.917. The Labute approximate surface area is 108 Å². The topological polar surface area (TPSA) is 26.3 Å². The molecular formula is C12H23ClO2S. The summed E-state index contributed by atoms with van der Waals surface area (Å²) in [5, 5.41) is 0. The maximum absolute atomic E-state index is 10.8. The van der Waals surface area contributed by atoms with E-state index in [4.69, 9.17) is 11.6 Å². The highest BCUT2D eigenvalue weighted by Gasteiger charge is 1.98. The molecule has 96 valence electrons. The first-order chi connectivity index (χ1) is 7.81. The van der Waals surface area contributed by atoms with Crippen molar-refractivity contribution in [1.29, 1.82) is 0 Å². The van der Waals surface area contributed by atoms with Crippen LogP contribution in [-0.4, -0.2) is 30.5 Å². The van der Waals surface area contributed by atoms with Crippen LogP contribution in [0.4, 0.5) is 0 Å². The van der Waals surface area contributed by atoms with Crippen LogP contribution < -0.4 is 0 Å². The number of carbonyl (C=O) groups excluding carboxylic acids is 1. The molecule has 0 aromatic rings. The third-order valence-electron chi connectivity index (χ3n) is 2.37. The molecule has 0 aromatic carbocycles. The van der Waals surface area contributed by atoms with Gasteiger partial charge in [-0.15, -0.1) is 11.6 Å². The largest absolute Gasteiger partial charge is 0.469 e. The predicted molar refractivity (Wildman–Crippen MR) is 72.4 cm³/mol. The Morgan fingerprint density at radius 3 is 2.31 bits per heavy atom. The molecule has 0 aromatic heterocycles. The zero-order valence-electron chi connectivity index (χ0n) is 10.2. The molecule has 0 N–H and O–H groups in total. The molecule has 0 aliphatic heterocycles. The second-order valence-corrected chi connectivity index (χ2v) is 5.35. The fourth-order valence-electron chi connectivity index (χ4n) is 1.44. The van der Waals surface area contributed by atoms with E-state index in [2.05, 4.69) is 4.74 Å². The summed E-state index contributed by atoms with van der Waals surface area (Å²) in [5.41, 5.74) is 0. The molecule has 0 heterocycles. The van der Waals surface area contributed by atoms with Crippen LogP contribution >= 0.6 is 23.4 Å². The Hall–Kier alpha value is 0.110. The van der Waals surface area contributed by atoms with Gasteiger partial charge in [0.2, 0.25) is 0 Å². The Kier molecular flexibility index (Phi) is 13.3. The van der Waals surface area contributed by atoms with Crippen molar-refractivity contribution in [1.82, 2.24) is 0 Å². The minimum absolute atomic E-state index is 0.0857. The van der Waals surface area contributed by atoms with Crippen molar-refractivity contribution in [2.45, 2.75) is 44.9 Å². The van der Waals surface area contributed by atoms with E-state index in [1.54, 1.807) is 0 Å². The zero-order chi connectivity index (χ0) is 12.1. The molecular weight excluding hydrogens is 244 g/mol. The number of alkyl halides is 1. The first-order valence-electron chi connectivity index (χ1n) is 6.01. The highest BCUT2D eigenvalue weighted by atomic mass is 35.5. The summed E-state index contributed by atoms with van der Waals surface area (Å²) in [7, 11) is 1.45. The number of thioether (sulfide) groups is 1. The standard InChI is InChI=1S/C12H23ClO2S/c1-15-12(14)8-6-4-2-3-5-7-10-16-11-9-13/h2-11H2,1H3. The molecule has 0 atom stereocenters. The molecule has 0 aliphatic carbocycles. The zero-order valence-corrected chi connectivity index (χ0v) is 11.7. The molecule has 0 saturated carbocycles. The lowest BCUT2D eigenvalue weighted by molar-refractivity contribution is -0.140. The van der Waals surface area contributed by atoms with Gasteiger partial charge < -0.3 is 4.74 Å². The summed E-state index contributed by atoms with van der Waals surface area (Å²) in [6, 6.07) is 0. The molecule has 0 aliphatic rings. The van der Waals surface area contributed by atoms with Gasteiger partial charge in [-0.25, -0.2) is 0 Å². The van der Waals surface area contributed by atoms with Crippen molar-refractivity contribution in [3.8, 4) is 0 Å². The number of hydrogen-bond donors (Lipinski definition) is 0. The van der Waals surface area contributed by atoms with Crippen molar-refractivity contribution < 1.29 is 9.53 Å². The molecule has 0 fully saturated rings. The second-order valence-electron chi connectivity index (χ2n) is 3.75.